The Morgan fingerprint density at radius 3 is 2.76 bits per heavy atom. The number of hydrogen-bond donors (Lipinski definition) is 2. The first kappa shape index (κ1) is 15.3. The van der Waals surface area contributed by atoms with Crippen molar-refractivity contribution in [3.8, 4) is 5.75 Å². The number of carbonyl (C=O) groups excluding carboxylic acids is 2. The van der Waals surface area contributed by atoms with Crippen molar-refractivity contribution in [2.24, 2.45) is 0 Å². The van der Waals surface area contributed by atoms with E-state index < -0.39 is 6.04 Å². The second-order valence-electron chi connectivity index (χ2n) is 5.07. The molecule has 6 heteroatoms. The third-order valence-electron chi connectivity index (χ3n) is 3.35. The average molecular weight is 292 g/mol. The zero-order chi connectivity index (χ0) is 15.2. The van der Waals surface area contributed by atoms with Crippen LogP contribution in [0.4, 0.5) is 0 Å². The van der Waals surface area contributed by atoms with Crippen LogP contribution in [0.25, 0.3) is 0 Å². The second-order valence-corrected chi connectivity index (χ2v) is 5.07. The van der Waals surface area contributed by atoms with E-state index in [0.717, 1.165) is 0 Å². The molecule has 1 aliphatic heterocycles. The summed E-state index contributed by atoms with van der Waals surface area (Å²) in [7, 11) is 0. The monoisotopic (exact) mass is 292 g/mol. The summed E-state index contributed by atoms with van der Waals surface area (Å²) in [6.07, 6.45) is 0.134. The molecule has 1 aliphatic rings. The van der Waals surface area contributed by atoms with Crippen LogP contribution in [0.5, 0.6) is 5.75 Å². The molecule has 1 unspecified atom stereocenters. The summed E-state index contributed by atoms with van der Waals surface area (Å²) in [6.45, 7) is 3.88. The molecule has 21 heavy (non-hydrogen) atoms. The first-order chi connectivity index (χ1) is 10.1. The molecule has 2 rings (SSSR count). The first-order valence-corrected chi connectivity index (χ1v) is 7.00. The predicted octanol–water partition coefficient (Wildman–Crippen LogP) is 0.298. The first-order valence-electron chi connectivity index (χ1n) is 7.00. The summed E-state index contributed by atoms with van der Waals surface area (Å²) in [6, 6.07) is 5.96. The van der Waals surface area contributed by atoms with Gasteiger partial charge >= 0.3 is 0 Å². The Kier molecular flexibility index (Phi) is 5.16. The molecule has 1 saturated heterocycles. The van der Waals surface area contributed by atoms with Gasteiger partial charge in [-0.2, -0.15) is 0 Å². The number of aromatic hydroxyl groups is 1. The van der Waals surface area contributed by atoms with Crippen LogP contribution in [0, 0.1) is 0 Å². The van der Waals surface area contributed by atoms with E-state index in [1.165, 1.54) is 6.07 Å². The SMILES string of the molecule is CC(NC(=O)Cc1cccc(O)c1)C(=O)N1CCOCC1. The minimum atomic E-state index is -0.562. The maximum atomic E-state index is 12.2. The van der Waals surface area contributed by atoms with Crippen LogP contribution in [-0.4, -0.2) is 54.2 Å². The Morgan fingerprint density at radius 1 is 1.38 bits per heavy atom. The van der Waals surface area contributed by atoms with Gasteiger partial charge in [-0.1, -0.05) is 12.1 Å². The molecule has 0 aromatic heterocycles. The van der Waals surface area contributed by atoms with Crippen LogP contribution in [0.2, 0.25) is 0 Å². The molecule has 0 aliphatic carbocycles. The lowest BCUT2D eigenvalue weighted by molar-refractivity contribution is -0.139. The number of amides is 2. The van der Waals surface area contributed by atoms with Crippen LogP contribution >= 0.6 is 0 Å². The zero-order valence-electron chi connectivity index (χ0n) is 12.0. The number of hydrogen-bond acceptors (Lipinski definition) is 4. The topological polar surface area (TPSA) is 78.9 Å². The lowest BCUT2D eigenvalue weighted by Gasteiger charge is -2.29. The molecule has 0 bridgehead atoms. The quantitative estimate of drug-likeness (QED) is 0.836. The van der Waals surface area contributed by atoms with E-state index in [0.29, 0.717) is 31.9 Å². The Bertz CT molecular complexity index is 512. The van der Waals surface area contributed by atoms with Crippen LogP contribution in [0.3, 0.4) is 0 Å². The maximum absolute atomic E-state index is 12.2. The molecule has 1 aromatic rings. The maximum Gasteiger partial charge on any atom is 0.245 e. The summed E-state index contributed by atoms with van der Waals surface area (Å²) < 4.78 is 5.20. The summed E-state index contributed by atoms with van der Waals surface area (Å²) in [5, 5.41) is 12.1. The van der Waals surface area contributed by atoms with Crippen molar-refractivity contribution in [3.05, 3.63) is 29.8 Å². The van der Waals surface area contributed by atoms with Gasteiger partial charge in [-0.15, -0.1) is 0 Å². The van der Waals surface area contributed by atoms with Gasteiger partial charge < -0.3 is 20.1 Å². The molecule has 1 fully saturated rings. The molecule has 114 valence electrons. The number of carbonyl (C=O) groups is 2. The van der Waals surface area contributed by atoms with E-state index in [4.69, 9.17) is 4.74 Å². The molecule has 1 heterocycles. The Morgan fingerprint density at radius 2 is 2.10 bits per heavy atom. The Labute approximate surface area is 123 Å². The smallest absolute Gasteiger partial charge is 0.245 e. The highest BCUT2D eigenvalue weighted by Gasteiger charge is 2.23. The van der Waals surface area contributed by atoms with Crippen molar-refractivity contribution in [2.45, 2.75) is 19.4 Å². The van der Waals surface area contributed by atoms with Gasteiger partial charge in [0.1, 0.15) is 11.8 Å². The van der Waals surface area contributed by atoms with Gasteiger partial charge in [0.2, 0.25) is 11.8 Å². The fourth-order valence-electron chi connectivity index (χ4n) is 2.26. The second kappa shape index (κ2) is 7.08. The highest BCUT2D eigenvalue weighted by atomic mass is 16.5. The number of benzene rings is 1. The van der Waals surface area contributed by atoms with Gasteiger partial charge in [0.15, 0.2) is 0 Å². The van der Waals surface area contributed by atoms with E-state index in [2.05, 4.69) is 5.32 Å². The van der Waals surface area contributed by atoms with Gasteiger partial charge in [0, 0.05) is 13.1 Å². The molecule has 6 nitrogen and oxygen atoms in total. The third-order valence-corrected chi connectivity index (χ3v) is 3.35. The van der Waals surface area contributed by atoms with E-state index in [9.17, 15) is 14.7 Å². The van der Waals surface area contributed by atoms with Crippen molar-refractivity contribution in [3.63, 3.8) is 0 Å². The number of nitrogens with one attached hydrogen (secondary N) is 1. The number of ether oxygens (including phenoxy) is 1. The molecular weight excluding hydrogens is 272 g/mol. The number of phenolic OH excluding ortho intramolecular Hbond substituents is 1. The summed E-state index contributed by atoms with van der Waals surface area (Å²) in [5.74, 6) is -0.213. The van der Waals surface area contributed by atoms with Gasteiger partial charge in [-0.05, 0) is 24.6 Å². The lowest BCUT2D eigenvalue weighted by atomic mass is 10.1. The highest BCUT2D eigenvalue weighted by Crippen LogP contribution is 2.11. The fraction of sp³-hybridized carbons (Fsp3) is 0.467. The van der Waals surface area contributed by atoms with Crippen molar-refractivity contribution in [2.75, 3.05) is 26.3 Å². The molecule has 0 radical (unpaired) electrons. The van der Waals surface area contributed by atoms with Crippen LogP contribution in [-0.2, 0) is 20.7 Å². The summed E-state index contributed by atoms with van der Waals surface area (Å²) in [5.41, 5.74) is 0.707. The van der Waals surface area contributed by atoms with E-state index in [-0.39, 0.29) is 24.0 Å². The fourth-order valence-corrected chi connectivity index (χ4v) is 2.26. The molecule has 0 spiro atoms. The molecule has 1 aromatic carbocycles. The normalized spacial score (nSPS) is 16.3. The largest absolute Gasteiger partial charge is 0.508 e. The predicted molar refractivity (Wildman–Crippen MR) is 76.8 cm³/mol. The van der Waals surface area contributed by atoms with Gasteiger partial charge in [0.05, 0.1) is 19.6 Å². The number of phenols is 1. The molecule has 2 amide bonds. The van der Waals surface area contributed by atoms with Crippen LogP contribution < -0.4 is 5.32 Å². The lowest BCUT2D eigenvalue weighted by Crippen LogP contribution is -2.50. The van der Waals surface area contributed by atoms with E-state index in [1.807, 2.05) is 0 Å². The summed E-state index contributed by atoms with van der Waals surface area (Å²) >= 11 is 0. The molecule has 1 atom stereocenters. The Balaban J connectivity index is 1.85. The third kappa shape index (κ3) is 4.46. The molecule has 0 saturated carbocycles. The van der Waals surface area contributed by atoms with Crippen LogP contribution in [0.1, 0.15) is 12.5 Å². The Hall–Kier alpha value is -2.08. The number of morpholine rings is 1. The highest BCUT2D eigenvalue weighted by molar-refractivity contribution is 5.88. The van der Waals surface area contributed by atoms with E-state index in [1.54, 1.807) is 30.0 Å². The van der Waals surface area contributed by atoms with Crippen molar-refractivity contribution in [1.29, 1.82) is 0 Å². The number of nitrogens with zero attached hydrogens (tertiary/aromatic N) is 1. The minimum Gasteiger partial charge on any atom is -0.508 e. The van der Waals surface area contributed by atoms with Gasteiger partial charge in [-0.25, -0.2) is 0 Å². The van der Waals surface area contributed by atoms with Gasteiger partial charge in [0.25, 0.3) is 0 Å². The van der Waals surface area contributed by atoms with Crippen LogP contribution in [0.15, 0.2) is 24.3 Å². The minimum absolute atomic E-state index is 0.0949. The zero-order valence-corrected chi connectivity index (χ0v) is 12.0. The summed E-state index contributed by atoms with van der Waals surface area (Å²) in [4.78, 5) is 25.8. The number of rotatable bonds is 4. The van der Waals surface area contributed by atoms with Crippen molar-refractivity contribution in [1.82, 2.24) is 10.2 Å². The van der Waals surface area contributed by atoms with Crippen molar-refractivity contribution >= 4 is 11.8 Å². The standard InChI is InChI=1S/C15H20N2O4/c1-11(15(20)17-5-7-21-8-6-17)16-14(19)10-12-3-2-4-13(18)9-12/h2-4,9,11,18H,5-8,10H2,1H3,(H,16,19). The van der Waals surface area contributed by atoms with E-state index >= 15 is 0 Å². The van der Waals surface area contributed by atoms with Gasteiger partial charge in [-0.3, -0.25) is 9.59 Å². The molecular formula is C15H20N2O4. The average Bonchev–Trinajstić information content (AvgIpc) is 2.47. The van der Waals surface area contributed by atoms with Crippen molar-refractivity contribution < 1.29 is 19.4 Å². The molecule has 2 N–H and O–H groups in total.